The molecule has 30 heavy (non-hydrogen) atoms. The normalized spacial score (nSPS) is 17.3. The number of piperidine rings is 1. The zero-order valence-electron chi connectivity index (χ0n) is 18.1. The number of pyridine rings is 1. The maximum Gasteiger partial charge on any atom is 0.236 e. The first-order valence-corrected chi connectivity index (χ1v) is 11.2. The molecule has 1 saturated heterocycles. The second-order valence-corrected chi connectivity index (χ2v) is 8.93. The summed E-state index contributed by atoms with van der Waals surface area (Å²) in [4.78, 5) is 23.3. The molecular formula is C24H33ClN4O. The minimum Gasteiger partial charge on any atom is -0.344 e. The number of likely N-dealkylation sites (N-methyl/N-ethyl adjacent to an activating group) is 2. The standard InChI is InChI=1S/C24H33ClN4O/c1-27(16-21-5-3-12-26-15-21)19-24(30)28(2)17-22-6-4-13-29(18-22)14-11-20-7-9-23(25)10-8-20/h3,5,7-10,12,15,22H,4,6,11,13-14,16-19H2,1-2H3. The van der Waals surface area contributed by atoms with Crippen LogP contribution < -0.4 is 0 Å². The van der Waals surface area contributed by atoms with E-state index in [0.717, 1.165) is 49.7 Å². The van der Waals surface area contributed by atoms with Gasteiger partial charge in [-0.25, -0.2) is 0 Å². The van der Waals surface area contributed by atoms with E-state index in [1.54, 1.807) is 6.20 Å². The zero-order chi connectivity index (χ0) is 21.3. The molecule has 1 amide bonds. The fourth-order valence-electron chi connectivity index (χ4n) is 4.14. The van der Waals surface area contributed by atoms with Gasteiger partial charge in [0.2, 0.25) is 5.91 Å². The Morgan fingerprint density at radius 3 is 2.73 bits per heavy atom. The Kier molecular flexibility index (Phi) is 8.67. The van der Waals surface area contributed by atoms with Gasteiger partial charge in [0.1, 0.15) is 0 Å². The summed E-state index contributed by atoms with van der Waals surface area (Å²) in [5.41, 5.74) is 2.45. The van der Waals surface area contributed by atoms with Gasteiger partial charge in [-0.15, -0.1) is 0 Å². The van der Waals surface area contributed by atoms with Gasteiger partial charge in [0, 0.05) is 50.6 Å². The predicted molar refractivity (Wildman–Crippen MR) is 123 cm³/mol. The van der Waals surface area contributed by atoms with Crippen molar-refractivity contribution in [3.05, 3.63) is 64.9 Å². The van der Waals surface area contributed by atoms with Crippen LogP contribution in [0.4, 0.5) is 0 Å². The molecule has 1 unspecified atom stereocenters. The Labute approximate surface area is 185 Å². The third-order valence-corrected chi connectivity index (χ3v) is 6.02. The number of benzene rings is 1. The van der Waals surface area contributed by atoms with Crippen LogP contribution in [0.2, 0.25) is 5.02 Å². The molecule has 2 aromatic rings. The fraction of sp³-hybridized carbons (Fsp3) is 0.500. The van der Waals surface area contributed by atoms with Crippen molar-refractivity contribution in [2.24, 2.45) is 5.92 Å². The van der Waals surface area contributed by atoms with Crippen molar-refractivity contribution in [3.8, 4) is 0 Å². The maximum atomic E-state index is 12.7. The molecule has 1 aromatic carbocycles. The lowest BCUT2D eigenvalue weighted by atomic mass is 9.97. The van der Waals surface area contributed by atoms with Crippen LogP contribution in [0.1, 0.15) is 24.0 Å². The molecule has 0 radical (unpaired) electrons. The number of halogens is 1. The van der Waals surface area contributed by atoms with Crippen molar-refractivity contribution in [3.63, 3.8) is 0 Å². The van der Waals surface area contributed by atoms with E-state index in [1.807, 2.05) is 49.5 Å². The van der Waals surface area contributed by atoms with Gasteiger partial charge in [0.05, 0.1) is 6.54 Å². The second kappa shape index (κ2) is 11.4. The van der Waals surface area contributed by atoms with Crippen LogP contribution >= 0.6 is 11.6 Å². The monoisotopic (exact) mass is 428 g/mol. The molecule has 0 bridgehead atoms. The Hall–Kier alpha value is -1.95. The molecule has 162 valence electrons. The van der Waals surface area contributed by atoms with E-state index < -0.39 is 0 Å². The molecular weight excluding hydrogens is 396 g/mol. The van der Waals surface area contributed by atoms with E-state index >= 15 is 0 Å². The quantitative estimate of drug-likeness (QED) is 0.612. The molecule has 6 heteroatoms. The molecule has 1 aromatic heterocycles. The van der Waals surface area contributed by atoms with Crippen LogP contribution in [-0.4, -0.2) is 72.4 Å². The zero-order valence-corrected chi connectivity index (χ0v) is 18.9. The summed E-state index contributed by atoms with van der Waals surface area (Å²) in [6.45, 7) is 5.26. The van der Waals surface area contributed by atoms with Gasteiger partial charge >= 0.3 is 0 Å². The summed E-state index contributed by atoms with van der Waals surface area (Å²) in [7, 11) is 3.92. The number of carbonyl (C=O) groups excluding carboxylic acids is 1. The maximum absolute atomic E-state index is 12.7. The average molecular weight is 429 g/mol. The summed E-state index contributed by atoms with van der Waals surface area (Å²) in [6, 6.07) is 12.1. The van der Waals surface area contributed by atoms with Gasteiger partial charge in [0.15, 0.2) is 0 Å². The highest BCUT2D eigenvalue weighted by Crippen LogP contribution is 2.18. The fourth-order valence-corrected chi connectivity index (χ4v) is 4.27. The van der Waals surface area contributed by atoms with Crippen molar-refractivity contribution in [2.75, 3.05) is 46.8 Å². The predicted octanol–water partition coefficient (Wildman–Crippen LogP) is 3.58. The van der Waals surface area contributed by atoms with Crippen molar-refractivity contribution >= 4 is 17.5 Å². The third-order valence-electron chi connectivity index (χ3n) is 5.77. The van der Waals surface area contributed by atoms with Crippen LogP contribution in [0.15, 0.2) is 48.8 Å². The first kappa shape index (κ1) is 22.7. The Morgan fingerprint density at radius 2 is 2.00 bits per heavy atom. The Balaban J connectivity index is 1.40. The van der Waals surface area contributed by atoms with Crippen molar-refractivity contribution in [1.82, 2.24) is 19.7 Å². The summed E-state index contributed by atoms with van der Waals surface area (Å²) >= 11 is 5.98. The second-order valence-electron chi connectivity index (χ2n) is 8.49. The van der Waals surface area contributed by atoms with Crippen LogP contribution in [0, 0.1) is 5.92 Å². The number of amides is 1. The van der Waals surface area contributed by atoms with E-state index in [0.29, 0.717) is 12.5 Å². The van der Waals surface area contributed by atoms with E-state index in [2.05, 4.69) is 26.9 Å². The highest BCUT2D eigenvalue weighted by molar-refractivity contribution is 6.30. The molecule has 2 heterocycles. The molecule has 1 aliphatic rings. The third kappa shape index (κ3) is 7.38. The topological polar surface area (TPSA) is 39.7 Å². The minimum absolute atomic E-state index is 0.180. The lowest BCUT2D eigenvalue weighted by Crippen LogP contribution is -2.44. The molecule has 0 N–H and O–H groups in total. The van der Waals surface area contributed by atoms with Gasteiger partial charge < -0.3 is 9.80 Å². The highest BCUT2D eigenvalue weighted by atomic mass is 35.5. The smallest absolute Gasteiger partial charge is 0.236 e. The summed E-state index contributed by atoms with van der Waals surface area (Å²) in [5.74, 6) is 0.723. The van der Waals surface area contributed by atoms with Gasteiger partial charge in [0.25, 0.3) is 0 Å². The number of aromatic nitrogens is 1. The highest BCUT2D eigenvalue weighted by Gasteiger charge is 2.23. The first-order valence-electron chi connectivity index (χ1n) is 10.8. The van der Waals surface area contributed by atoms with Gasteiger partial charge in [-0.1, -0.05) is 29.8 Å². The summed E-state index contributed by atoms with van der Waals surface area (Å²) in [5, 5.41) is 0.788. The molecule has 1 fully saturated rings. The van der Waals surface area contributed by atoms with Crippen molar-refractivity contribution in [1.29, 1.82) is 0 Å². The number of hydrogen-bond donors (Lipinski definition) is 0. The molecule has 1 atom stereocenters. The lowest BCUT2D eigenvalue weighted by molar-refractivity contribution is -0.131. The molecule has 0 aliphatic carbocycles. The van der Waals surface area contributed by atoms with Crippen molar-refractivity contribution in [2.45, 2.75) is 25.8 Å². The number of rotatable bonds is 9. The molecule has 0 saturated carbocycles. The van der Waals surface area contributed by atoms with Crippen LogP contribution in [0.25, 0.3) is 0 Å². The van der Waals surface area contributed by atoms with Crippen LogP contribution in [0.5, 0.6) is 0 Å². The van der Waals surface area contributed by atoms with E-state index in [9.17, 15) is 4.79 Å². The van der Waals surface area contributed by atoms with E-state index in [1.165, 1.54) is 18.4 Å². The lowest BCUT2D eigenvalue weighted by Gasteiger charge is -2.35. The number of hydrogen-bond acceptors (Lipinski definition) is 4. The number of likely N-dealkylation sites (tertiary alicyclic amines) is 1. The number of nitrogens with zero attached hydrogens (tertiary/aromatic N) is 4. The van der Waals surface area contributed by atoms with Gasteiger partial charge in [-0.2, -0.15) is 0 Å². The van der Waals surface area contributed by atoms with E-state index in [4.69, 9.17) is 11.6 Å². The van der Waals surface area contributed by atoms with E-state index in [-0.39, 0.29) is 5.91 Å². The van der Waals surface area contributed by atoms with Crippen LogP contribution in [0.3, 0.4) is 0 Å². The first-order chi connectivity index (χ1) is 14.5. The molecule has 3 rings (SSSR count). The van der Waals surface area contributed by atoms with Crippen molar-refractivity contribution < 1.29 is 4.79 Å². The van der Waals surface area contributed by atoms with Gasteiger partial charge in [-0.05, 0) is 68.1 Å². The Morgan fingerprint density at radius 1 is 1.20 bits per heavy atom. The molecule has 0 spiro atoms. The summed E-state index contributed by atoms with van der Waals surface area (Å²) in [6.07, 6.45) is 7.06. The Bertz CT molecular complexity index is 784. The average Bonchev–Trinajstić information content (AvgIpc) is 2.74. The van der Waals surface area contributed by atoms with Crippen LogP contribution in [-0.2, 0) is 17.8 Å². The molecule has 1 aliphatic heterocycles. The molecule has 5 nitrogen and oxygen atoms in total. The largest absolute Gasteiger partial charge is 0.344 e. The SMILES string of the molecule is CN(CC(=O)N(C)CC1CCCN(CCc2ccc(Cl)cc2)C1)Cc1cccnc1. The minimum atomic E-state index is 0.180. The number of carbonyl (C=O) groups is 1. The summed E-state index contributed by atoms with van der Waals surface area (Å²) < 4.78 is 0. The van der Waals surface area contributed by atoms with Gasteiger partial charge in [-0.3, -0.25) is 14.7 Å².